The van der Waals surface area contributed by atoms with Gasteiger partial charge < -0.3 is 9.80 Å². The van der Waals surface area contributed by atoms with Crippen LogP contribution in [0.2, 0.25) is 0 Å². The number of para-hydroxylation sites is 2. The van der Waals surface area contributed by atoms with E-state index in [0.29, 0.717) is 0 Å². The van der Waals surface area contributed by atoms with Gasteiger partial charge in [0.15, 0.2) is 0 Å². The Bertz CT molecular complexity index is 1360. The average Bonchev–Trinajstić information content (AvgIpc) is 3.49. The molecule has 6 heteroatoms. The van der Waals surface area contributed by atoms with E-state index in [2.05, 4.69) is 109 Å². The van der Waals surface area contributed by atoms with Gasteiger partial charge in [0, 0.05) is 28.5 Å². The van der Waals surface area contributed by atoms with E-state index in [-0.39, 0.29) is 5.57 Å². The number of nitrogens with zero attached hydrogens (tertiary/aromatic N) is 4. The SMILES string of the molecule is CCN1/C(=C/C=C2\CCC/C(=C\C=C3\Sc4ccccc4N3CC)C2=C(C#N)C#N)Sc2ccccc21. The van der Waals surface area contributed by atoms with Crippen molar-refractivity contribution >= 4 is 34.9 Å². The summed E-state index contributed by atoms with van der Waals surface area (Å²) in [7, 11) is 0. The molecule has 2 aliphatic heterocycles. The number of rotatable bonds is 4. The van der Waals surface area contributed by atoms with E-state index < -0.39 is 0 Å². The maximum atomic E-state index is 9.83. The van der Waals surface area contributed by atoms with Crippen molar-refractivity contribution in [2.24, 2.45) is 0 Å². The van der Waals surface area contributed by atoms with Gasteiger partial charge in [-0.25, -0.2) is 0 Å². The molecule has 3 aliphatic rings. The molecular weight excluding hydrogens is 493 g/mol. The molecule has 1 saturated carbocycles. The minimum absolute atomic E-state index is 0.193. The maximum absolute atomic E-state index is 9.83. The summed E-state index contributed by atoms with van der Waals surface area (Å²) in [6.07, 6.45) is 11.3. The lowest BCUT2D eigenvalue weighted by molar-refractivity contribution is 0.771. The first-order valence-electron chi connectivity index (χ1n) is 12.6. The summed E-state index contributed by atoms with van der Waals surface area (Å²) >= 11 is 3.53. The van der Waals surface area contributed by atoms with E-state index in [1.807, 2.05) is 0 Å². The van der Waals surface area contributed by atoms with Crippen LogP contribution >= 0.6 is 23.5 Å². The molecule has 0 atom stereocenters. The van der Waals surface area contributed by atoms with Gasteiger partial charge in [-0.2, -0.15) is 10.5 Å². The van der Waals surface area contributed by atoms with Crippen molar-refractivity contribution in [2.45, 2.75) is 42.9 Å². The van der Waals surface area contributed by atoms with Gasteiger partial charge in [-0.1, -0.05) is 59.9 Å². The lowest BCUT2D eigenvalue weighted by atomic mass is 9.82. The second-order valence-corrected chi connectivity index (χ2v) is 11.0. The lowest BCUT2D eigenvalue weighted by Crippen LogP contribution is -2.16. The first-order valence-corrected chi connectivity index (χ1v) is 14.3. The normalized spacial score (nSPS) is 20.9. The number of hydrogen-bond donors (Lipinski definition) is 0. The molecule has 2 aromatic carbocycles. The first-order chi connectivity index (χ1) is 18.2. The summed E-state index contributed by atoms with van der Waals surface area (Å²) in [6, 6.07) is 21.2. The van der Waals surface area contributed by atoms with Crippen LogP contribution < -0.4 is 9.80 Å². The minimum Gasteiger partial charge on any atom is -0.335 e. The second-order valence-electron chi connectivity index (χ2n) is 8.85. The molecule has 184 valence electrons. The Morgan fingerprint density at radius 3 is 1.65 bits per heavy atom. The van der Waals surface area contributed by atoms with Crippen molar-refractivity contribution in [1.29, 1.82) is 10.5 Å². The predicted octanol–water partition coefficient (Wildman–Crippen LogP) is 8.31. The van der Waals surface area contributed by atoms with Crippen LogP contribution in [0.15, 0.2) is 115 Å². The van der Waals surface area contributed by atoms with E-state index in [9.17, 15) is 10.5 Å². The monoisotopic (exact) mass is 520 g/mol. The van der Waals surface area contributed by atoms with Crippen molar-refractivity contribution in [3.8, 4) is 12.1 Å². The first kappa shape index (κ1) is 25.1. The number of hydrogen-bond acceptors (Lipinski definition) is 6. The third-order valence-corrected chi connectivity index (χ3v) is 9.03. The van der Waals surface area contributed by atoms with Gasteiger partial charge >= 0.3 is 0 Å². The zero-order chi connectivity index (χ0) is 25.8. The van der Waals surface area contributed by atoms with Crippen LogP contribution in [-0.2, 0) is 0 Å². The third-order valence-electron chi connectivity index (χ3n) is 6.77. The molecule has 0 N–H and O–H groups in total. The van der Waals surface area contributed by atoms with Gasteiger partial charge in [0.25, 0.3) is 0 Å². The van der Waals surface area contributed by atoms with Gasteiger partial charge in [-0.05, 0) is 80.7 Å². The van der Waals surface area contributed by atoms with E-state index in [4.69, 9.17) is 0 Å². The Kier molecular flexibility index (Phi) is 7.60. The molecule has 5 rings (SSSR count). The number of nitriles is 2. The molecular formula is C31H28N4S2. The van der Waals surface area contributed by atoms with Gasteiger partial charge in [0.05, 0.1) is 21.4 Å². The molecule has 0 spiro atoms. The van der Waals surface area contributed by atoms with Crippen molar-refractivity contribution in [3.05, 3.63) is 105 Å². The molecule has 2 aromatic rings. The van der Waals surface area contributed by atoms with Crippen LogP contribution in [0.5, 0.6) is 0 Å². The zero-order valence-corrected chi connectivity index (χ0v) is 22.7. The van der Waals surface area contributed by atoms with Gasteiger partial charge in [0.1, 0.15) is 17.7 Å². The molecule has 4 nitrogen and oxygen atoms in total. The maximum Gasteiger partial charge on any atom is 0.137 e. The quantitative estimate of drug-likeness (QED) is 0.378. The predicted molar refractivity (Wildman–Crippen MR) is 155 cm³/mol. The number of fused-ring (bicyclic) bond motifs is 2. The summed E-state index contributed by atoms with van der Waals surface area (Å²) in [5, 5.41) is 22.0. The van der Waals surface area contributed by atoms with Crippen LogP contribution in [0.25, 0.3) is 0 Å². The number of anilines is 2. The highest BCUT2D eigenvalue weighted by atomic mass is 32.2. The highest BCUT2D eigenvalue weighted by Gasteiger charge is 2.26. The largest absolute Gasteiger partial charge is 0.335 e. The van der Waals surface area contributed by atoms with Gasteiger partial charge in [-0.3, -0.25) is 0 Å². The summed E-state index contributed by atoms with van der Waals surface area (Å²) in [6.45, 7) is 6.09. The fourth-order valence-electron chi connectivity index (χ4n) is 5.07. The number of thioether (sulfide) groups is 2. The Labute approximate surface area is 228 Å². The van der Waals surface area contributed by atoms with Gasteiger partial charge in [-0.15, -0.1) is 0 Å². The van der Waals surface area contributed by atoms with Crippen molar-refractivity contribution in [3.63, 3.8) is 0 Å². The summed E-state index contributed by atoms with van der Waals surface area (Å²) in [5.74, 6) is 0. The smallest absolute Gasteiger partial charge is 0.137 e. The summed E-state index contributed by atoms with van der Waals surface area (Å²) in [5.41, 5.74) is 5.58. The molecule has 0 unspecified atom stereocenters. The third kappa shape index (κ3) is 4.88. The average molecular weight is 521 g/mol. The molecule has 0 aromatic heterocycles. The second kappa shape index (κ2) is 11.2. The highest BCUT2D eigenvalue weighted by Crippen LogP contribution is 2.47. The van der Waals surface area contributed by atoms with E-state index in [1.54, 1.807) is 23.5 Å². The number of allylic oxidation sites excluding steroid dienone is 8. The fraction of sp³-hybridized carbons (Fsp3) is 0.226. The molecule has 0 saturated heterocycles. The Hall–Kier alpha value is -3.58. The lowest BCUT2D eigenvalue weighted by Gasteiger charge is -2.22. The summed E-state index contributed by atoms with van der Waals surface area (Å²) in [4.78, 5) is 7.14. The zero-order valence-electron chi connectivity index (χ0n) is 21.1. The van der Waals surface area contributed by atoms with Crippen LogP contribution in [0.3, 0.4) is 0 Å². The van der Waals surface area contributed by atoms with Crippen LogP contribution in [0.4, 0.5) is 11.4 Å². The van der Waals surface area contributed by atoms with Crippen molar-refractivity contribution < 1.29 is 0 Å². The number of benzene rings is 2. The van der Waals surface area contributed by atoms with Crippen LogP contribution in [-0.4, -0.2) is 13.1 Å². The Balaban J connectivity index is 1.50. The van der Waals surface area contributed by atoms with Crippen molar-refractivity contribution in [2.75, 3.05) is 22.9 Å². The van der Waals surface area contributed by atoms with Crippen molar-refractivity contribution in [1.82, 2.24) is 0 Å². The molecule has 0 bridgehead atoms. The van der Waals surface area contributed by atoms with Crippen LogP contribution in [0.1, 0.15) is 33.1 Å². The minimum atomic E-state index is 0.193. The van der Waals surface area contributed by atoms with Crippen LogP contribution in [0, 0.1) is 22.7 Å². The Morgan fingerprint density at radius 1 is 0.757 bits per heavy atom. The topological polar surface area (TPSA) is 54.1 Å². The summed E-state index contributed by atoms with van der Waals surface area (Å²) < 4.78 is 0. The standard InChI is InChI=1S/C31H28N4S2/c1-3-34-25-12-5-7-14-27(25)36-29(34)18-16-22-10-9-11-23(31(22)24(20-32)21-33)17-19-30-35(4-2)26-13-6-8-15-28(26)37-30/h5-8,12-19H,3-4,9-11H2,1-2H3/b22-16+,23-17+,29-18-,30-19+. The van der Waals surface area contributed by atoms with Gasteiger partial charge in [0.2, 0.25) is 0 Å². The highest BCUT2D eigenvalue weighted by molar-refractivity contribution is 8.04. The van der Waals surface area contributed by atoms with E-state index >= 15 is 0 Å². The molecule has 37 heavy (non-hydrogen) atoms. The van der Waals surface area contributed by atoms with E-state index in [0.717, 1.165) is 49.1 Å². The molecule has 2 heterocycles. The fourth-order valence-corrected chi connectivity index (χ4v) is 7.32. The van der Waals surface area contributed by atoms with E-state index in [1.165, 1.54) is 31.2 Å². The molecule has 0 amide bonds. The Morgan fingerprint density at radius 2 is 1.22 bits per heavy atom. The molecule has 1 aliphatic carbocycles. The molecule has 1 fully saturated rings. The molecule has 0 radical (unpaired) electrons.